The molecule has 3 aromatic carbocycles. The van der Waals surface area contributed by atoms with Crippen molar-refractivity contribution in [1.29, 1.82) is 0 Å². The van der Waals surface area contributed by atoms with Crippen LogP contribution in [0.25, 0.3) is 10.8 Å². The van der Waals surface area contributed by atoms with Crippen molar-refractivity contribution in [2.75, 3.05) is 19.8 Å². The Kier molecular flexibility index (Phi) is 5.97. The Bertz CT molecular complexity index is 929. The summed E-state index contributed by atoms with van der Waals surface area (Å²) in [7, 11) is 0. The van der Waals surface area contributed by atoms with Gasteiger partial charge in [0, 0.05) is 0 Å². The summed E-state index contributed by atoms with van der Waals surface area (Å²) < 4.78 is 11.4. The molecule has 27 heavy (non-hydrogen) atoms. The summed E-state index contributed by atoms with van der Waals surface area (Å²) in [6.45, 7) is 7.32. The van der Waals surface area contributed by atoms with Crippen molar-refractivity contribution in [3.05, 3.63) is 71.3 Å². The number of carbonyl (C=O) groups excluding carboxylic acids is 1. The summed E-state index contributed by atoms with van der Waals surface area (Å²) in [6, 6.07) is 17.7. The standard InChI is InChI=1S/C23H25NO3/c1-4-26-21-10-9-18-7-5-6-8-20(18)22(21)23(25)24-11-12-27-19-14-16(2)13-17(3)15-19/h5-10,13-15H,4,11-12H2,1-3H3,(H,24,25). The Morgan fingerprint density at radius 1 is 0.963 bits per heavy atom. The van der Waals surface area contributed by atoms with Gasteiger partial charge in [-0.1, -0.05) is 36.4 Å². The second-order valence-corrected chi connectivity index (χ2v) is 6.52. The molecule has 1 amide bonds. The van der Waals surface area contributed by atoms with Crippen molar-refractivity contribution >= 4 is 16.7 Å². The van der Waals surface area contributed by atoms with E-state index in [0.717, 1.165) is 27.6 Å². The third-order valence-electron chi connectivity index (χ3n) is 4.27. The second-order valence-electron chi connectivity index (χ2n) is 6.52. The molecule has 0 aliphatic heterocycles. The molecule has 1 N–H and O–H groups in total. The van der Waals surface area contributed by atoms with Gasteiger partial charge in [-0.25, -0.2) is 0 Å². The number of aryl methyl sites for hydroxylation is 2. The summed E-state index contributed by atoms with van der Waals surface area (Å²) in [5.74, 6) is 1.27. The normalized spacial score (nSPS) is 10.6. The fourth-order valence-corrected chi connectivity index (χ4v) is 3.20. The van der Waals surface area contributed by atoms with Gasteiger partial charge in [-0.15, -0.1) is 0 Å². The van der Waals surface area contributed by atoms with Crippen LogP contribution in [-0.4, -0.2) is 25.7 Å². The lowest BCUT2D eigenvalue weighted by molar-refractivity contribution is 0.0945. The lowest BCUT2D eigenvalue weighted by Gasteiger charge is -2.14. The van der Waals surface area contributed by atoms with E-state index in [9.17, 15) is 4.79 Å². The zero-order valence-corrected chi connectivity index (χ0v) is 16.0. The van der Waals surface area contributed by atoms with Crippen LogP contribution in [0.5, 0.6) is 11.5 Å². The number of carbonyl (C=O) groups is 1. The number of ether oxygens (including phenoxy) is 2. The SMILES string of the molecule is CCOc1ccc2ccccc2c1C(=O)NCCOc1cc(C)cc(C)c1. The highest BCUT2D eigenvalue weighted by molar-refractivity contribution is 6.09. The number of hydrogen-bond donors (Lipinski definition) is 1. The first-order valence-electron chi connectivity index (χ1n) is 9.22. The van der Waals surface area contributed by atoms with Crippen LogP contribution >= 0.6 is 0 Å². The van der Waals surface area contributed by atoms with Crippen LogP contribution in [0.1, 0.15) is 28.4 Å². The molecule has 0 atom stereocenters. The van der Waals surface area contributed by atoms with Gasteiger partial charge in [0.1, 0.15) is 18.1 Å². The van der Waals surface area contributed by atoms with Crippen LogP contribution in [0.4, 0.5) is 0 Å². The third-order valence-corrected chi connectivity index (χ3v) is 4.27. The van der Waals surface area contributed by atoms with Gasteiger partial charge in [0.2, 0.25) is 0 Å². The topological polar surface area (TPSA) is 47.6 Å². The van der Waals surface area contributed by atoms with E-state index in [4.69, 9.17) is 9.47 Å². The molecule has 3 rings (SSSR count). The van der Waals surface area contributed by atoms with Gasteiger partial charge in [-0.05, 0) is 60.9 Å². The maximum Gasteiger partial charge on any atom is 0.255 e. The molecule has 0 saturated heterocycles. The van der Waals surface area contributed by atoms with Gasteiger partial charge in [0.05, 0.1) is 18.7 Å². The predicted octanol–water partition coefficient (Wildman–Crippen LogP) is 4.66. The van der Waals surface area contributed by atoms with Crippen LogP contribution in [0, 0.1) is 13.8 Å². The number of fused-ring (bicyclic) bond motifs is 1. The van der Waals surface area contributed by atoms with Crippen LogP contribution in [0.2, 0.25) is 0 Å². The average Bonchev–Trinajstić information content (AvgIpc) is 2.64. The summed E-state index contributed by atoms with van der Waals surface area (Å²) in [4.78, 5) is 12.8. The van der Waals surface area contributed by atoms with E-state index in [-0.39, 0.29) is 5.91 Å². The number of amides is 1. The summed E-state index contributed by atoms with van der Waals surface area (Å²) >= 11 is 0. The summed E-state index contributed by atoms with van der Waals surface area (Å²) in [6.07, 6.45) is 0. The van der Waals surface area contributed by atoms with Crippen molar-refractivity contribution < 1.29 is 14.3 Å². The monoisotopic (exact) mass is 363 g/mol. The zero-order chi connectivity index (χ0) is 19.2. The van der Waals surface area contributed by atoms with Gasteiger partial charge in [0.15, 0.2) is 0 Å². The van der Waals surface area contributed by atoms with Gasteiger partial charge in [-0.2, -0.15) is 0 Å². The van der Waals surface area contributed by atoms with Crippen molar-refractivity contribution in [3.63, 3.8) is 0 Å². The Balaban J connectivity index is 1.69. The maximum atomic E-state index is 12.8. The molecule has 4 heteroatoms. The molecule has 140 valence electrons. The van der Waals surface area contributed by atoms with Crippen molar-refractivity contribution in [3.8, 4) is 11.5 Å². The molecule has 0 bridgehead atoms. The summed E-state index contributed by atoms with van der Waals surface area (Å²) in [5, 5.41) is 4.84. The molecule has 0 aromatic heterocycles. The van der Waals surface area contributed by atoms with Crippen molar-refractivity contribution in [2.24, 2.45) is 0 Å². The molecular weight excluding hydrogens is 338 g/mol. The smallest absolute Gasteiger partial charge is 0.255 e. The zero-order valence-electron chi connectivity index (χ0n) is 16.0. The van der Waals surface area contributed by atoms with E-state index in [1.165, 1.54) is 0 Å². The second kappa shape index (κ2) is 8.58. The minimum Gasteiger partial charge on any atom is -0.493 e. The first-order valence-corrected chi connectivity index (χ1v) is 9.22. The largest absolute Gasteiger partial charge is 0.493 e. The van der Waals surface area contributed by atoms with E-state index >= 15 is 0 Å². The molecule has 0 aliphatic rings. The lowest BCUT2D eigenvalue weighted by atomic mass is 10.0. The molecule has 3 aromatic rings. The highest BCUT2D eigenvalue weighted by Crippen LogP contribution is 2.28. The number of benzene rings is 3. The molecule has 0 saturated carbocycles. The van der Waals surface area contributed by atoms with Crippen LogP contribution < -0.4 is 14.8 Å². The highest BCUT2D eigenvalue weighted by atomic mass is 16.5. The molecule has 4 nitrogen and oxygen atoms in total. The van der Waals surface area contributed by atoms with E-state index in [1.54, 1.807) is 0 Å². The highest BCUT2D eigenvalue weighted by Gasteiger charge is 2.16. The molecule has 0 spiro atoms. The average molecular weight is 363 g/mol. The Labute approximate surface area is 160 Å². The van der Waals surface area contributed by atoms with Crippen LogP contribution in [0.3, 0.4) is 0 Å². The first kappa shape index (κ1) is 18.8. The molecule has 0 radical (unpaired) electrons. The first-order chi connectivity index (χ1) is 13.1. The molecule has 0 heterocycles. The molecule has 0 fully saturated rings. The van der Waals surface area contributed by atoms with Gasteiger partial charge in [0.25, 0.3) is 5.91 Å². The predicted molar refractivity (Wildman–Crippen MR) is 109 cm³/mol. The number of rotatable bonds is 7. The van der Waals surface area contributed by atoms with Crippen molar-refractivity contribution in [1.82, 2.24) is 5.32 Å². The van der Waals surface area contributed by atoms with Gasteiger partial charge >= 0.3 is 0 Å². The van der Waals surface area contributed by atoms with E-state index in [1.807, 2.05) is 69.3 Å². The third kappa shape index (κ3) is 4.59. The maximum absolute atomic E-state index is 12.8. The lowest BCUT2D eigenvalue weighted by Crippen LogP contribution is -2.28. The number of hydrogen-bond acceptors (Lipinski definition) is 3. The van der Waals surface area contributed by atoms with E-state index < -0.39 is 0 Å². The van der Waals surface area contributed by atoms with Crippen LogP contribution in [-0.2, 0) is 0 Å². The fourth-order valence-electron chi connectivity index (χ4n) is 3.20. The van der Waals surface area contributed by atoms with E-state index in [0.29, 0.717) is 31.1 Å². The molecule has 0 aliphatic carbocycles. The summed E-state index contributed by atoms with van der Waals surface area (Å²) in [5.41, 5.74) is 2.89. The Hall–Kier alpha value is -3.01. The quantitative estimate of drug-likeness (QED) is 0.621. The molecule has 0 unspecified atom stereocenters. The minimum atomic E-state index is -0.153. The van der Waals surface area contributed by atoms with Crippen LogP contribution in [0.15, 0.2) is 54.6 Å². The Morgan fingerprint density at radius 2 is 1.70 bits per heavy atom. The van der Waals surface area contributed by atoms with Gasteiger partial charge in [-0.3, -0.25) is 4.79 Å². The van der Waals surface area contributed by atoms with Gasteiger partial charge < -0.3 is 14.8 Å². The fraction of sp³-hybridized carbons (Fsp3) is 0.261. The minimum absolute atomic E-state index is 0.153. The number of nitrogens with one attached hydrogen (secondary N) is 1. The van der Waals surface area contributed by atoms with Crippen molar-refractivity contribution in [2.45, 2.75) is 20.8 Å². The van der Waals surface area contributed by atoms with E-state index in [2.05, 4.69) is 11.4 Å². The molecular formula is C23H25NO3. The Morgan fingerprint density at radius 3 is 2.44 bits per heavy atom.